The molecular weight excluding hydrogens is 348 g/mol. The Morgan fingerprint density at radius 1 is 0.923 bits per heavy atom. The molecule has 0 aliphatic heterocycles. The largest absolute Gasteiger partial charge is 0.325 e. The summed E-state index contributed by atoms with van der Waals surface area (Å²) in [4.78, 5) is 12.5. The van der Waals surface area contributed by atoms with Crippen LogP contribution in [0.5, 0.6) is 0 Å². The highest BCUT2D eigenvalue weighted by Gasteiger charge is 2.24. The number of rotatable bonds is 5. The van der Waals surface area contributed by atoms with Crippen LogP contribution in [0, 0.1) is 34.6 Å². The van der Waals surface area contributed by atoms with Crippen molar-refractivity contribution in [3.63, 3.8) is 0 Å². The van der Waals surface area contributed by atoms with Gasteiger partial charge in [0.25, 0.3) is 0 Å². The molecule has 6 heteroatoms. The number of nitrogens with zero attached hydrogens (tertiary/aromatic N) is 1. The molecule has 0 heterocycles. The SMILES string of the molecule is Cc1cc(C)c(N(CC(=O)Nc2ccc(C)c(C)c2)S(C)(=O)=O)c(C)c1. The van der Waals surface area contributed by atoms with Crippen molar-refractivity contribution < 1.29 is 13.2 Å². The van der Waals surface area contributed by atoms with Crippen molar-refractivity contribution in [3.05, 3.63) is 58.1 Å². The number of anilines is 2. The minimum absolute atomic E-state index is 0.267. The highest BCUT2D eigenvalue weighted by Crippen LogP contribution is 2.28. The van der Waals surface area contributed by atoms with E-state index in [4.69, 9.17) is 0 Å². The maximum atomic E-state index is 12.5. The van der Waals surface area contributed by atoms with E-state index in [1.165, 1.54) is 4.31 Å². The highest BCUT2D eigenvalue weighted by molar-refractivity contribution is 7.92. The van der Waals surface area contributed by atoms with E-state index in [2.05, 4.69) is 5.32 Å². The lowest BCUT2D eigenvalue weighted by Gasteiger charge is -2.26. The summed E-state index contributed by atoms with van der Waals surface area (Å²) in [6, 6.07) is 9.45. The number of hydrogen-bond donors (Lipinski definition) is 1. The molecular formula is C20H26N2O3S. The molecule has 1 amide bonds. The number of carbonyl (C=O) groups excluding carboxylic acids is 1. The quantitative estimate of drug-likeness (QED) is 0.869. The van der Waals surface area contributed by atoms with Gasteiger partial charge in [-0.15, -0.1) is 0 Å². The van der Waals surface area contributed by atoms with Gasteiger partial charge in [0.2, 0.25) is 15.9 Å². The highest BCUT2D eigenvalue weighted by atomic mass is 32.2. The second kappa shape index (κ2) is 7.50. The molecule has 0 aliphatic carbocycles. The number of sulfonamides is 1. The van der Waals surface area contributed by atoms with Crippen molar-refractivity contribution in [2.45, 2.75) is 34.6 Å². The number of hydrogen-bond acceptors (Lipinski definition) is 3. The van der Waals surface area contributed by atoms with Crippen molar-refractivity contribution in [1.82, 2.24) is 0 Å². The monoisotopic (exact) mass is 374 g/mol. The van der Waals surface area contributed by atoms with Gasteiger partial charge < -0.3 is 5.32 Å². The van der Waals surface area contributed by atoms with Gasteiger partial charge in [-0.1, -0.05) is 23.8 Å². The van der Waals surface area contributed by atoms with Crippen LogP contribution < -0.4 is 9.62 Å². The first-order chi connectivity index (χ1) is 12.0. The fourth-order valence-electron chi connectivity index (χ4n) is 3.08. The van der Waals surface area contributed by atoms with Crippen molar-refractivity contribution in [3.8, 4) is 0 Å². The van der Waals surface area contributed by atoms with Crippen molar-refractivity contribution in [2.75, 3.05) is 22.4 Å². The van der Waals surface area contributed by atoms with Crippen LogP contribution in [0.15, 0.2) is 30.3 Å². The summed E-state index contributed by atoms with van der Waals surface area (Å²) in [6.07, 6.45) is 1.12. The third kappa shape index (κ3) is 4.64. The average Bonchev–Trinajstić information content (AvgIpc) is 2.48. The standard InChI is InChI=1S/C20H26N2O3S/c1-13-9-16(4)20(17(5)10-13)22(26(6,24)25)12-19(23)21-18-8-7-14(2)15(3)11-18/h7-11H,12H2,1-6H3,(H,21,23). The van der Waals surface area contributed by atoms with Crippen LogP contribution in [0.2, 0.25) is 0 Å². The lowest BCUT2D eigenvalue weighted by Crippen LogP contribution is -2.38. The van der Waals surface area contributed by atoms with E-state index in [0.29, 0.717) is 11.4 Å². The molecule has 2 aromatic rings. The first-order valence-electron chi connectivity index (χ1n) is 8.41. The third-order valence-electron chi connectivity index (χ3n) is 4.36. The van der Waals surface area contributed by atoms with Gasteiger partial charge in [0, 0.05) is 5.69 Å². The number of amides is 1. The van der Waals surface area contributed by atoms with E-state index in [1.54, 1.807) is 0 Å². The van der Waals surface area contributed by atoms with E-state index in [9.17, 15) is 13.2 Å². The smallest absolute Gasteiger partial charge is 0.245 e. The fourth-order valence-corrected chi connectivity index (χ4v) is 4.05. The molecule has 26 heavy (non-hydrogen) atoms. The van der Waals surface area contributed by atoms with Crippen LogP contribution in [0.4, 0.5) is 11.4 Å². The molecule has 0 bridgehead atoms. The molecule has 0 spiro atoms. The summed E-state index contributed by atoms with van der Waals surface area (Å²) in [6.45, 7) is 9.36. The van der Waals surface area contributed by atoms with Crippen LogP contribution in [0.3, 0.4) is 0 Å². The van der Waals surface area contributed by atoms with Crippen molar-refractivity contribution in [1.29, 1.82) is 0 Å². The Labute approximate surface area is 156 Å². The maximum absolute atomic E-state index is 12.5. The van der Waals surface area contributed by atoms with Crippen LogP contribution >= 0.6 is 0 Å². The zero-order valence-electron chi connectivity index (χ0n) is 16.2. The van der Waals surface area contributed by atoms with E-state index < -0.39 is 10.0 Å². The number of aryl methyl sites for hydroxylation is 5. The summed E-state index contributed by atoms with van der Waals surface area (Å²) in [5.41, 5.74) is 6.12. The van der Waals surface area contributed by atoms with Crippen LogP contribution in [0.1, 0.15) is 27.8 Å². The molecule has 0 aromatic heterocycles. The molecule has 0 atom stereocenters. The van der Waals surface area contributed by atoms with Gasteiger partial charge in [0.15, 0.2) is 0 Å². The molecule has 2 aromatic carbocycles. The van der Waals surface area contributed by atoms with Gasteiger partial charge in [0.1, 0.15) is 6.54 Å². The van der Waals surface area contributed by atoms with Crippen LogP contribution in [-0.4, -0.2) is 27.1 Å². The Hall–Kier alpha value is -2.34. The number of nitrogens with one attached hydrogen (secondary N) is 1. The number of carbonyl (C=O) groups is 1. The van der Waals surface area contributed by atoms with Gasteiger partial charge in [-0.3, -0.25) is 9.10 Å². The van der Waals surface area contributed by atoms with Gasteiger partial charge in [0.05, 0.1) is 11.9 Å². The third-order valence-corrected chi connectivity index (χ3v) is 5.48. The molecule has 1 N–H and O–H groups in total. The van der Waals surface area contributed by atoms with Gasteiger partial charge in [-0.25, -0.2) is 8.42 Å². The lowest BCUT2D eigenvalue weighted by atomic mass is 10.1. The normalized spacial score (nSPS) is 11.3. The predicted octanol–water partition coefficient (Wildman–Crippen LogP) is 3.63. The minimum Gasteiger partial charge on any atom is -0.325 e. The lowest BCUT2D eigenvalue weighted by molar-refractivity contribution is -0.114. The van der Waals surface area contributed by atoms with Gasteiger partial charge >= 0.3 is 0 Å². The Morgan fingerprint density at radius 3 is 2.00 bits per heavy atom. The Kier molecular flexibility index (Phi) is 5.76. The van der Waals surface area contributed by atoms with Gasteiger partial charge in [-0.2, -0.15) is 0 Å². The fraction of sp³-hybridized carbons (Fsp3) is 0.350. The Balaban J connectivity index is 2.32. The summed E-state index contributed by atoms with van der Waals surface area (Å²) < 4.78 is 25.9. The Bertz CT molecular complexity index is 927. The molecule has 140 valence electrons. The first kappa shape index (κ1) is 20.0. The molecule has 0 unspecified atom stereocenters. The minimum atomic E-state index is -3.61. The second-order valence-corrected chi connectivity index (χ2v) is 8.77. The number of benzene rings is 2. The first-order valence-corrected chi connectivity index (χ1v) is 10.3. The molecule has 0 fully saturated rings. The molecule has 0 saturated carbocycles. The van der Waals surface area contributed by atoms with Gasteiger partial charge in [-0.05, 0) is 69.0 Å². The van der Waals surface area contributed by atoms with E-state index in [-0.39, 0.29) is 12.5 Å². The van der Waals surface area contributed by atoms with E-state index >= 15 is 0 Å². The van der Waals surface area contributed by atoms with Crippen molar-refractivity contribution >= 4 is 27.3 Å². The van der Waals surface area contributed by atoms with E-state index in [0.717, 1.165) is 34.1 Å². The topological polar surface area (TPSA) is 66.5 Å². The summed E-state index contributed by atoms with van der Waals surface area (Å²) in [5, 5.41) is 2.79. The summed E-state index contributed by atoms with van der Waals surface area (Å²) in [7, 11) is -3.61. The zero-order valence-corrected chi connectivity index (χ0v) is 17.0. The van der Waals surface area contributed by atoms with E-state index in [1.807, 2.05) is 65.0 Å². The summed E-state index contributed by atoms with van der Waals surface area (Å²) in [5.74, 6) is -0.377. The zero-order chi connectivity index (χ0) is 19.6. The maximum Gasteiger partial charge on any atom is 0.245 e. The van der Waals surface area contributed by atoms with Crippen molar-refractivity contribution in [2.24, 2.45) is 0 Å². The average molecular weight is 375 g/mol. The Morgan fingerprint density at radius 2 is 1.50 bits per heavy atom. The molecule has 5 nitrogen and oxygen atoms in total. The molecule has 0 aliphatic rings. The molecule has 2 rings (SSSR count). The molecule has 0 saturated heterocycles. The van der Waals surface area contributed by atoms with Crippen LogP contribution in [0.25, 0.3) is 0 Å². The van der Waals surface area contributed by atoms with Crippen LogP contribution in [-0.2, 0) is 14.8 Å². The molecule has 0 radical (unpaired) electrons. The summed E-state index contributed by atoms with van der Waals surface area (Å²) >= 11 is 0. The second-order valence-electron chi connectivity index (χ2n) is 6.86. The predicted molar refractivity (Wildman–Crippen MR) is 107 cm³/mol.